The number of rotatable bonds is 4. The van der Waals surface area contributed by atoms with Crippen molar-refractivity contribution in [2.75, 3.05) is 12.4 Å². The Morgan fingerprint density at radius 1 is 1.24 bits per heavy atom. The van der Waals surface area contributed by atoms with E-state index >= 15 is 0 Å². The zero-order valence-corrected chi connectivity index (χ0v) is 17.6. The summed E-state index contributed by atoms with van der Waals surface area (Å²) < 4.78 is 0. The number of hydrogen-bond donors (Lipinski definition) is 2. The molecule has 2 aromatic heterocycles. The first-order chi connectivity index (χ1) is 14.0. The van der Waals surface area contributed by atoms with Gasteiger partial charge in [-0.05, 0) is 17.7 Å². The van der Waals surface area contributed by atoms with Crippen molar-refractivity contribution >= 4 is 52.0 Å². The third-order valence-corrected chi connectivity index (χ3v) is 6.23. The number of allylic oxidation sites excluding steroid dienone is 2. The minimum atomic E-state index is -0.930. The lowest BCUT2D eigenvalue weighted by molar-refractivity contribution is -0.104. The summed E-state index contributed by atoms with van der Waals surface area (Å²) >= 11 is 8.56. The van der Waals surface area contributed by atoms with Crippen LogP contribution in [0.4, 0.5) is 5.00 Å². The lowest BCUT2D eigenvalue weighted by atomic mass is 10.0. The summed E-state index contributed by atoms with van der Waals surface area (Å²) in [7, 11) is 1.71. The van der Waals surface area contributed by atoms with Crippen LogP contribution in [0.2, 0.25) is 5.02 Å². The fourth-order valence-corrected chi connectivity index (χ4v) is 4.45. The molecule has 0 amide bonds. The maximum atomic E-state index is 11.2. The number of thiophene rings is 1. The summed E-state index contributed by atoms with van der Waals surface area (Å²) in [5.41, 5.74) is 2.82. The Balaban J connectivity index is 0.000000176. The molecule has 1 aliphatic heterocycles. The van der Waals surface area contributed by atoms with Gasteiger partial charge in [0.2, 0.25) is 0 Å². The van der Waals surface area contributed by atoms with Gasteiger partial charge in [0, 0.05) is 41.8 Å². The van der Waals surface area contributed by atoms with Gasteiger partial charge in [-0.1, -0.05) is 41.6 Å². The molecule has 0 aliphatic carbocycles. The van der Waals surface area contributed by atoms with Gasteiger partial charge in [-0.2, -0.15) is 0 Å². The highest BCUT2D eigenvalue weighted by Gasteiger charge is 2.18. The van der Waals surface area contributed by atoms with Crippen molar-refractivity contribution in [2.45, 2.75) is 11.4 Å². The number of halogens is 1. The largest absolute Gasteiger partial charge is 0.478 e. The molecule has 1 aliphatic rings. The van der Waals surface area contributed by atoms with Gasteiger partial charge in [-0.15, -0.1) is 11.3 Å². The van der Waals surface area contributed by atoms with Crippen LogP contribution in [0.1, 0.15) is 16.1 Å². The summed E-state index contributed by atoms with van der Waals surface area (Å²) in [6, 6.07) is 7.13. The number of carboxylic acid groups (broad SMARTS) is 1. The fraction of sp³-hybridized carbons (Fsp3) is 0.100. The number of nitrogens with zero attached hydrogens (tertiary/aromatic N) is 2. The Labute approximate surface area is 180 Å². The highest BCUT2D eigenvalue weighted by molar-refractivity contribution is 8.03. The van der Waals surface area contributed by atoms with Crippen LogP contribution >= 0.6 is 34.7 Å². The number of fused-ring (bicyclic) bond motifs is 1. The highest BCUT2D eigenvalue weighted by Crippen LogP contribution is 2.35. The van der Waals surface area contributed by atoms with Crippen LogP contribution < -0.4 is 5.32 Å². The minimum Gasteiger partial charge on any atom is -0.478 e. The lowest BCUT2D eigenvalue weighted by Gasteiger charge is -2.09. The van der Waals surface area contributed by atoms with Gasteiger partial charge >= 0.3 is 5.97 Å². The molecule has 29 heavy (non-hydrogen) atoms. The molecular weight excluding hydrogens is 430 g/mol. The van der Waals surface area contributed by atoms with Crippen molar-refractivity contribution in [3.63, 3.8) is 0 Å². The molecule has 0 saturated carbocycles. The molecular formula is C20H16ClN3O3S2. The van der Waals surface area contributed by atoms with Gasteiger partial charge in [0.05, 0.1) is 10.6 Å². The Morgan fingerprint density at radius 2 is 1.97 bits per heavy atom. The highest BCUT2D eigenvalue weighted by atomic mass is 35.5. The molecule has 9 heteroatoms. The molecule has 2 N–H and O–H groups in total. The number of aromatic carboxylic acids is 1. The van der Waals surface area contributed by atoms with E-state index in [-0.39, 0.29) is 0 Å². The van der Waals surface area contributed by atoms with Crippen LogP contribution in [-0.4, -0.2) is 34.4 Å². The first-order valence-electron chi connectivity index (χ1n) is 8.45. The second-order valence-corrected chi connectivity index (χ2v) is 8.13. The number of nitrogens with one attached hydrogen (secondary N) is 1. The molecule has 3 aromatic rings. The quantitative estimate of drug-likeness (QED) is 0.545. The summed E-state index contributed by atoms with van der Waals surface area (Å²) in [5, 5.41) is 16.1. The Kier molecular flexibility index (Phi) is 7.03. The maximum Gasteiger partial charge on any atom is 0.339 e. The van der Waals surface area contributed by atoms with E-state index in [0.717, 1.165) is 27.5 Å². The summed E-state index contributed by atoms with van der Waals surface area (Å²) in [4.78, 5) is 30.7. The van der Waals surface area contributed by atoms with Crippen LogP contribution in [0.25, 0.3) is 11.1 Å². The van der Waals surface area contributed by atoms with Crippen LogP contribution in [-0.2, 0) is 11.2 Å². The van der Waals surface area contributed by atoms with Crippen molar-refractivity contribution in [1.82, 2.24) is 9.97 Å². The molecule has 0 bridgehead atoms. The Hall–Kier alpha value is -2.68. The number of carbonyl (C=O) groups excluding carboxylic acids is 1. The number of hydrogen-bond acceptors (Lipinski definition) is 7. The topological polar surface area (TPSA) is 92.2 Å². The molecule has 0 atom stereocenters. The van der Waals surface area contributed by atoms with E-state index in [9.17, 15) is 14.7 Å². The predicted octanol–water partition coefficient (Wildman–Crippen LogP) is 5.02. The number of aromatic nitrogens is 2. The molecule has 1 aromatic carbocycles. The number of benzene rings is 1. The normalized spacial score (nSPS) is 12.1. The van der Waals surface area contributed by atoms with Crippen molar-refractivity contribution in [3.05, 3.63) is 69.3 Å². The maximum absolute atomic E-state index is 11.2. The number of thioether (sulfide) groups is 1. The van der Waals surface area contributed by atoms with Gasteiger partial charge in [0.15, 0.2) is 6.29 Å². The van der Waals surface area contributed by atoms with Crippen LogP contribution in [0.3, 0.4) is 0 Å². The third kappa shape index (κ3) is 5.03. The number of aldehydes is 1. The van der Waals surface area contributed by atoms with Gasteiger partial charge in [-0.3, -0.25) is 9.78 Å². The minimum absolute atomic E-state index is 0.305. The van der Waals surface area contributed by atoms with Crippen LogP contribution in [0, 0.1) is 0 Å². The average Bonchev–Trinajstić information content (AvgIpc) is 3.19. The molecule has 0 saturated heterocycles. The number of anilines is 1. The zero-order chi connectivity index (χ0) is 20.8. The van der Waals surface area contributed by atoms with Gasteiger partial charge in [-0.25, -0.2) is 9.78 Å². The molecule has 0 spiro atoms. The fourth-order valence-electron chi connectivity index (χ4n) is 2.60. The summed E-state index contributed by atoms with van der Waals surface area (Å²) in [5.74, 6) is -0.930. The van der Waals surface area contributed by atoms with E-state index < -0.39 is 5.97 Å². The second-order valence-electron chi connectivity index (χ2n) is 5.75. The van der Waals surface area contributed by atoms with Gasteiger partial charge < -0.3 is 10.4 Å². The second kappa shape index (κ2) is 9.69. The number of carboxylic acids is 1. The van der Waals surface area contributed by atoms with Gasteiger partial charge in [0.1, 0.15) is 15.6 Å². The van der Waals surface area contributed by atoms with E-state index in [0.29, 0.717) is 27.6 Å². The van der Waals surface area contributed by atoms with E-state index in [4.69, 9.17) is 11.6 Å². The smallest absolute Gasteiger partial charge is 0.339 e. The Morgan fingerprint density at radius 3 is 2.62 bits per heavy atom. The van der Waals surface area contributed by atoms with Crippen LogP contribution in [0.5, 0.6) is 0 Å². The van der Waals surface area contributed by atoms with Gasteiger partial charge in [0.25, 0.3) is 0 Å². The summed E-state index contributed by atoms with van der Waals surface area (Å²) in [6.45, 7) is 0. The first kappa shape index (κ1) is 21.0. The first-order valence-corrected chi connectivity index (χ1v) is 10.5. The summed E-state index contributed by atoms with van der Waals surface area (Å²) in [6.07, 6.45) is 6.74. The number of carbonyl (C=O) groups is 2. The van der Waals surface area contributed by atoms with E-state index in [1.54, 1.807) is 31.6 Å². The lowest BCUT2D eigenvalue weighted by Crippen LogP contribution is -2.00. The monoisotopic (exact) mass is 445 g/mol. The van der Waals surface area contributed by atoms with Crippen molar-refractivity contribution < 1.29 is 14.7 Å². The predicted molar refractivity (Wildman–Crippen MR) is 117 cm³/mol. The van der Waals surface area contributed by atoms with Crippen molar-refractivity contribution in [1.29, 1.82) is 0 Å². The standard InChI is InChI=1S/C12H10ClNO2S.C8H6N2OS/c1-14-11-10(12(15)16)9(6-17-11)7-2-4-8(13)5-3-7;11-5-6-1-2-7-8(12-6)10-4-3-9-7/h2-6,14H,1H3,(H,15,16);1,3-5H,2H2. The average molecular weight is 446 g/mol. The van der Waals surface area contributed by atoms with Crippen molar-refractivity contribution in [2.24, 2.45) is 0 Å². The SMILES string of the molecule is CNc1scc(-c2ccc(Cl)cc2)c1C(=O)O.O=CC1=CCc2nccnc2S1. The van der Waals surface area contributed by atoms with E-state index in [1.807, 2.05) is 23.6 Å². The molecule has 0 fully saturated rings. The molecule has 0 radical (unpaired) electrons. The van der Waals surface area contributed by atoms with E-state index in [2.05, 4.69) is 15.3 Å². The molecule has 148 valence electrons. The molecule has 6 nitrogen and oxygen atoms in total. The molecule has 3 heterocycles. The third-order valence-electron chi connectivity index (χ3n) is 3.95. The van der Waals surface area contributed by atoms with Crippen molar-refractivity contribution in [3.8, 4) is 11.1 Å². The molecule has 0 unspecified atom stereocenters. The van der Waals surface area contributed by atoms with Crippen LogP contribution in [0.15, 0.2) is 58.0 Å². The van der Waals surface area contributed by atoms with E-state index in [1.165, 1.54) is 23.1 Å². The Bertz CT molecular complexity index is 1070. The molecule has 4 rings (SSSR count). The zero-order valence-electron chi connectivity index (χ0n) is 15.3.